The summed E-state index contributed by atoms with van der Waals surface area (Å²) in [4.78, 5) is 16.3. The summed E-state index contributed by atoms with van der Waals surface area (Å²) in [5, 5.41) is 13.8. The molecule has 22 heavy (non-hydrogen) atoms. The van der Waals surface area contributed by atoms with Crippen LogP contribution in [0.15, 0.2) is 42.7 Å². The maximum atomic E-state index is 12.3. The van der Waals surface area contributed by atoms with E-state index >= 15 is 0 Å². The smallest absolute Gasteiger partial charge is 0.251 e. The molecule has 0 aliphatic rings. The van der Waals surface area contributed by atoms with Crippen LogP contribution in [0.3, 0.4) is 0 Å². The molecule has 4 nitrogen and oxygen atoms in total. The first-order valence-corrected chi connectivity index (χ1v) is 7.52. The van der Waals surface area contributed by atoms with E-state index in [0.717, 1.165) is 12.0 Å². The number of aromatic nitrogens is 1. The van der Waals surface area contributed by atoms with E-state index in [9.17, 15) is 9.90 Å². The Kier molecular flexibility index (Phi) is 5.16. The van der Waals surface area contributed by atoms with Crippen LogP contribution in [-0.4, -0.2) is 22.5 Å². The van der Waals surface area contributed by atoms with Crippen molar-refractivity contribution in [3.05, 3.63) is 64.4 Å². The van der Waals surface area contributed by atoms with Crippen LogP contribution >= 0.6 is 11.6 Å². The van der Waals surface area contributed by atoms with Crippen molar-refractivity contribution in [2.75, 3.05) is 6.54 Å². The van der Waals surface area contributed by atoms with E-state index in [1.807, 2.05) is 6.92 Å². The lowest BCUT2D eigenvalue weighted by atomic mass is 9.95. The molecular formula is C17H19ClN2O2. The molecule has 1 aromatic heterocycles. The molecule has 1 amide bonds. The van der Waals surface area contributed by atoms with Gasteiger partial charge in [-0.05, 0) is 31.0 Å². The quantitative estimate of drug-likeness (QED) is 0.891. The van der Waals surface area contributed by atoms with Gasteiger partial charge in [-0.3, -0.25) is 9.78 Å². The molecule has 0 saturated carbocycles. The third kappa shape index (κ3) is 3.64. The van der Waals surface area contributed by atoms with Crippen LogP contribution < -0.4 is 5.32 Å². The molecule has 1 heterocycles. The van der Waals surface area contributed by atoms with Gasteiger partial charge in [0.25, 0.3) is 5.91 Å². The van der Waals surface area contributed by atoms with Gasteiger partial charge in [0.15, 0.2) is 0 Å². The van der Waals surface area contributed by atoms with E-state index in [2.05, 4.69) is 10.3 Å². The van der Waals surface area contributed by atoms with Crippen molar-refractivity contribution in [1.29, 1.82) is 0 Å². The van der Waals surface area contributed by atoms with Crippen molar-refractivity contribution < 1.29 is 9.90 Å². The molecule has 0 spiro atoms. The Morgan fingerprint density at radius 1 is 1.36 bits per heavy atom. The van der Waals surface area contributed by atoms with Crippen LogP contribution in [0.4, 0.5) is 0 Å². The first-order valence-electron chi connectivity index (χ1n) is 7.14. The minimum Gasteiger partial charge on any atom is -0.384 e. The van der Waals surface area contributed by atoms with Crippen molar-refractivity contribution in [3.63, 3.8) is 0 Å². The minimum atomic E-state index is -1.24. The summed E-state index contributed by atoms with van der Waals surface area (Å²) in [6.07, 6.45) is 3.99. The molecule has 0 aliphatic carbocycles. The molecule has 0 radical (unpaired) electrons. The number of halogens is 1. The van der Waals surface area contributed by atoms with Crippen LogP contribution in [0.1, 0.15) is 35.3 Å². The third-order valence-corrected chi connectivity index (χ3v) is 3.91. The van der Waals surface area contributed by atoms with Gasteiger partial charge in [-0.1, -0.05) is 36.7 Å². The van der Waals surface area contributed by atoms with E-state index in [0.29, 0.717) is 16.1 Å². The molecule has 2 N–H and O–H groups in total. The Labute approximate surface area is 135 Å². The van der Waals surface area contributed by atoms with Gasteiger partial charge in [0, 0.05) is 28.5 Å². The standard InChI is InChI=1S/C17H19ClN2O2/c1-3-12-10-19-9-8-13(12)16(21)20-11-17(2,22)14-6-4-5-7-15(14)18/h4-10,22H,3,11H2,1-2H3,(H,20,21)/t17-/m0/s1. The van der Waals surface area contributed by atoms with Crippen LogP contribution in [0.2, 0.25) is 5.02 Å². The number of carbonyl (C=O) groups is 1. The summed E-state index contributed by atoms with van der Waals surface area (Å²) < 4.78 is 0. The van der Waals surface area contributed by atoms with Crippen LogP contribution in [0, 0.1) is 0 Å². The number of hydrogen-bond acceptors (Lipinski definition) is 3. The fourth-order valence-corrected chi connectivity index (χ4v) is 2.61. The molecule has 0 unspecified atom stereocenters. The van der Waals surface area contributed by atoms with Crippen molar-refractivity contribution in [2.24, 2.45) is 0 Å². The lowest BCUT2D eigenvalue weighted by Gasteiger charge is -2.25. The maximum absolute atomic E-state index is 12.3. The maximum Gasteiger partial charge on any atom is 0.251 e. The number of nitrogens with one attached hydrogen (secondary N) is 1. The van der Waals surface area contributed by atoms with E-state index in [4.69, 9.17) is 11.6 Å². The number of carbonyl (C=O) groups excluding carboxylic acids is 1. The minimum absolute atomic E-state index is 0.0705. The molecular weight excluding hydrogens is 300 g/mol. The highest BCUT2D eigenvalue weighted by Crippen LogP contribution is 2.27. The van der Waals surface area contributed by atoms with E-state index in [1.165, 1.54) is 0 Å². The summed E-state index contributed by atoms with van der Waals surface area (Å²) in [5.41, 5.74) is 0.792. The predicted octanol–water partition coefficient (Wildman–Crippen LogP) is 2.93. The van der Waals surface area contributed by atoms with Crippen LogP contribution in [-0.2, 0) is 12.0 Å². The summed E-state index contributed by atoms with van der Waals surface area (Å²) >= 11 is 6.11. The zero-order valence-electron chi connectivity index (χ0n) is 12.6. The van der Waals surface area contributed by atoms with Gasteiger partial charge in [0.05, 0.1) is 6.54 Å². The first kappa shape index (κ1) is 16.5. The molecule has 1 aromatic carbocycles. The molecule has 0 fully saturated rings. The largest absolute Gasteiger partial charge is 0.384 e. The first-order chi connectivity index (χ1) is 10.5. The van der Waals surface area contributed by atoms with Gasteiger partial charge in [-0.15, -0.1) is 0 Å². The zero-order valence-corrected chi connectivity index (χ0v) is 13.4. The van der Waals surface area contributed by atoms with Crippen molar-refractivity contribution >= 4 is 17.5 Å². The topological polar surface area (TPSA) is 62.2 Å². The van der Waals surface area contributed by atoms with Crippen LogP contribution in [0.25, 0.3) is 0 Å². The second-order valence-electron chi connectivity index (χ2n) is 5.32. The van der Waals surface area contributed by atoms with E-state index in [1.54, 1.807) is 49.6 Å². The Bertz CT molecular complexity index is 671. The summed E-state index contributed by atoms with van der Waals surface area (Å²) in [6, 6.07) is 8.74. The van der Waals surface area contributed by atoms with Gasteiger partial charge in [0.1, 0.15) is 5.60 Å². The molecule has 116 valence electrons. The molecule has 0 bridgehead atoms. The molecule has 1 atom stereocenters. The van der Waals surface area contributed by atoms with Gasteiger partial charge in [0.2, 0.25) is 0 Å². The molecule has 0 saturated heterocycles. The molecule has 0 aliphatic heterocycles. The van der Waals surface area contributed by atoms with Gasteiger partial charge >= 0.3 is 0 Å². The highest BCUT2D eigenvalue weighted by Gasteiger charge is 2.26. The normalized spacial score (nSPS) is 13.5. The highest BCUT2D eigenvalue weighted by molar-refractivity contribution is 6.31. The van der Waals surface area contributed by atoms with Crippen molar-refractivity contribution in [2.45, 2.75) is 25.9 Å². The van der Waals surface area contributed by atoms with Crippen molar-refractivity contribution in [1.82, 2.24) is 10.3 Å². The Hall–Kier alpha value is -1.91. The predicted molar refractivity (Wildman–Crippen MR) is 87.0 cm³/mol. The number of aliphatic hydroxyl groups is 1. The fourth-order valence-electron chi connectivity index (χ4n) is 2.27. The number of rotatable bonds is 5. The number of nitrogens with zero attached hydrogens (tertiary/aromatic N) is 1. The monoisotopic (exact) mass is 318 g/mol. The Balaban J connectivity index is 2.12. The van der Waals surface area contributed by atoms with Crippen molar-refractivity contribution in [3.8, 4) is 0 Å². The summed E-state index contributed by atoms with van der Waals surface area (Å²) in [5.74, 6) is -0.230. The number of aryl methyl sites for hydroxylation is 1. The number of hydrogen-bond donors (Lipinski definition) is 2. The molecule has 5 heteroatoms. The summed E-state index contributed by atoms with van der Waals surface area (Å²) in [6.45, 7) is 3.66. The molecule has 2 rings (SSSR count). The second kappa shape index (κ2) is 6.90. The molecule has 2 aromatic rings. The zero-order chi connectivity index (χ0) is 16.2. The number of amides is 1. The highest BCUT2D eigenvalue weighted by atomic mass is 35.5. The summed E-state index contributed by atoms with van der Waals surface area (Å²) in [7, 11) is 0. The van der Waals surface area contributed by atoms with Gasteiger partial charge in [-0.25, -0.2) is 0 Å². The average molecular weight is 319 g/mol. The SMILES string of the molecule is CCc1cnccc1C(=O)NC[C@](C)(O)c1ccccc1Cl. The fraction of sp³-hybridized carbons (Fsp3) is 0.294. The lowest BCUT2D eigenvalue weighted by molar-refractivity contribution is 0.0527. The number of pyridine rings is 1. The Morgan fingerprint density at radius 2 is 2.09 bits per heavy atom. The van der Waals surface area contributed by atoms with E-state index < -0.39 is 5.60 Å². The van der Waals surface area contributed by atoms with Gasteiger partial charge < -0.3 is 10.4 Å². The van der Waals surface area contributed by atoms with Crippen LogP contribution in [0.5, 0.6) is 0 Å². The average Bonchev–Trinajstić information content (AvgIpc) is 2.53. The Morgan fingerprint density at radius 3 is 2.77 bits per heavy atom. The second-order valence-corrected chi connectivity index (χ2v) is 5.73. The number of benzene rings is 1. The lowest BCUT2D eigenvalue weighted by Crippen LogP contribution is -2.39. The third-order valence-electron chi connectivity index (χ3n) is 3.58. The van der Waals surface area contributed by atoms with E-state index in [-0.39, 0.29) is 12.5 Å². The van der Waals surface area contributed by atoms with Gasteiger partial charge in [-0.2, -0.15) is 0 Å².